The van der Waals surface area contributed by atoms with Crippen molar-refractivity contribution >= 4 is 137 Å². The van der Waals surface area contributed by atoms with Crippen LogP contribution in [0, 0.1) is 0 Å². The van der Waals surface area contributed by atoms with Crippen LogP contribution in [0.25, 0.3) is 114 Å². The molecule has 0 saturated heterocycles. The smallest absolute Gasteiger partial charge is 0.137 e. The summed E-state index contributed by atoms with van der Waals surface area (Å²) in [5, 5.41) is 10.8. The molecule has 16 aromatic rings. The monoisotopic (exact) mass is 1040 g/mol. The first-order chi connectivity index (χ1) is 39.2. The zero-order chi connectivity index (χ0) is 52.9. The van der Waals surface area contributed by atoms with Crippen LogP contribution >= 0.6 is 11.3 Å². The summed E-state index contributed by atoms with van der Waals surface area (Å²) in [7, 11) is 0. The highest BCUT2D eigenvalue weighted by atomic mass is 32.1. The molecule has 5 heterocycles. The van der Waals surface area contributed by atoms with Crippen molar-refractivity contribution in [3.63, 3.8) is 0 Å². The van der Waals surface area contributed by atoms with E-state index in [1.807, 2.05) is 23.5 Å². The number of aromatic nitrogens is 1. The molecule has 6 heteroatoms. The molecule has 2 aliphatic carbocycles. The Hall–Kier alpha value is -9.62. The molecule has 0 spiro atoms. The van der Waals surface area contributed by atoms with E-state index in [1.165, 1.54) is 92.0 Å². The number of hydrogen-bond acceptors (Lipinski definition) is 5. The fraction of sp³-hybridized carbons (Fsp3) is 0.0811. The van der Waals surface area contributed by atoms with Crippen molar-refractivity contribution < 1.29 is 8.83 Å². The Kier molecular flexibility index (Phi) is 8.63. The molecule has 0 radical (unpaired) electrons. The summed E-state index contributed by atoms with van der Waals surface area (Å²) < 4.78 is 16.9. The molecule has 80 heavy (non-hydrogen) atoms. The number of para-hydroxylation sites is 3. The lowest BCUT2D eigenvalue weighted by Gasteiger charge is -2.28. The highest BCUT2D eigenvalue weighted by Gasteiger charge is 2.38. The van der Waals surface area contributed by atoms with Crippen LogP contribution in [0.2, 0.25) is 0 Å². The Morgan fingerprint density at radius 3 is 1.38 bits per heavy atom. The molecule has 0 atom stereocenters. The first-order valence-corrected chi connectivity index (χ1v) is 28.5. The van der Waals surface area contributed by atoms with Crippen LogP contribution < -0.4 is 9.80 Å². The quantitative estimate of drug-likeness (QED) is 0.166. The summed E-state index contributed by atoms with van der Waals surface area (Å²) in [5.41, 5.74) is 22.9. The zero-order valence-corrected chi connectivity index (χ0v) is 45.2. The third kappa shape index (κ3) is 5.85. The lowest BCUT2D eigenvalue weighted by atomic mass is 9.82. The minimum absolute atomic E-state index is 0.151. The molecule has 5 aromatic heterocycles. The number of rotatable bonds is 6. The number of nitrogens with zero attached hydrogens (tertiary/aromatic N) is 3. The van der Waals surface area contributed by atoms with Crippen LogP contribution in [0.5, 0.6) is 0 Å². The van der Waals surface area contributed by atoms with Gasteiger partial charge in [0.1, 0.15) is 27.2 Å². The van der Waals surface area contributed by atoms with Gasteiger partial charge in [0.05, 0.1) is 11.0 Å². The average Bonchev–Trinajstić information content (AvgIpc) is 4.52. The molecular weight excluding hydrogens is 995 g/mol. The van der Waals surface area contributed by atoms with Gasteiger partial charge in [-0.2, -0.15) is 0 Å². The second-order valence-electron chi connectivity index (χ2n) is 23.2. The molecule has 0 unspecified atom stereocenters. The maximum Gasteiger partial charge on any atom is 0.137 e. The van der Waals surface area contributed by atoms with Gasteiger partial charge in [0.25, 0.3) is 0 Å². The lowest BCUT2D eigenvalue weighted by Crippen LogP contribution is -2.16. The number of fused-ring (bicyclic) bond motifs is 20. The van der Waals surface area contributed by atoms with E-state index >= 15 is 0 Å². The molecule has 0 N–H and O–H groups in total. The minimum Gasteiger partial charge on any atom is -0.456 e. The maximum atomic E-state index is 6.56. The number of benzene rings is 11. The molecular formula is C74H49N3O2S. The largest absolute Gasteiger partial charge is 0.456 e. The predicted octanol–water partition coefficient (Wildman–Crippen LogP) is 21.4. The Labute approximate surface area is 464 Å². The van der Waals surface area contributed by atoms with Gasteiger partial charge >= 0.3 is 0 Å². The third-order valence-corrected chi connectivity index (χ3v) is 19.4. The second-order valence-corrected chi connectivity index (χ2v) is 24.3. The molecule has 0 fully saturated rings. The standard InChI is InChI=1S/C74H49N3O2S/c1-73(2)60-20-9-5-14-48(60)50-30-24-43(37-62(50)73)75(45-26-32-54-52-16-7-11-22-65(52)78-67(54)39-45)42-29-35-64-59(36-42)56-18-13-19-58-70-57-34-28-47(41-69(57)80-72(70)77(64)71(56)58)76(46-27-33-55-53-17-8-12-23-66(53)79-68(55)40-46)44-25-31-51-49-15-6-10-21-61(49)74(3,4)63(51)38-44/h5-41H,1-4H3. The highest BCUT2D eigenvalue weighted by Crippen LogP contribution is 2.54. The fourth-order valence-electron chi connectivity index (χ4n) is 14.5. The molecule has 0 bridgehead atoms. The summed E-state index contributed by atoms with van der Waals surface area (Å²) in [6.45, 7) is 9.44. The molecule has 11 aromatic carbocycles. The molecule has 0 saturated carbocycles. The summed E-state index contributed by atoms with van der Waals surface area (Å²) in [6, 6.07) is 83.0. The van der Waals surface area contributed by atoms with Gasteiger partial charge in [0, 0.05) is 110 Å². The van der Waals surface area contributed by atoms with Crippen LogP contribution in [0.3, 0.4) is 0 Å². The highest BCUT2D eigenvalue weighted by molar-refractivity contribution is 7.25. The normalized spacial score (nSPS) is 14.2. The summed E-state index contributed by atoms with van der Waals surface area (Å²) >= 11 is 1.88. The van der Waals surface area contributed by atoms with Crippen LogP contribution in [0.15, 0.2) is 233 Å². The fourth-order valence-corrected chi connectivity index (χ4v) is 15.8. The van der Waals surface area contributed by atoms with E-state index in [1.54, 1.807) is 0 Å². The number of hydrogen-bond donors (Lipinski definition) is 0. The van der Waals surface area contributed by atoms with Crippen molar-refractivity contribution in [3.05, 3.63) is 247 Å². The third-order valence-electron chi connectivity index (χ3n) is 18.3. The zero-order valence-electron chi connectivity index (χ0n) is 44.4. The van der Waals surface area contributed by atoms with Gasteiger partial charge in [-0.3, -0.25) is 4.40 Å². The summed E-state index contributed by atoms with van der Waals surface area (Å²) in [5.74, 6) is 0. The topological polar surface area (TPSA) is 37.2 Å². The van der Waals surface area contributed by atoms with E-state index in [9.17, 15) is 0 Å². The van der Waals surface area contributed by atoms with Crippen molar-refractivity contribution in [1.82, 2.24) is 4.40 Å². The van der Waals surface area contributed by atoms with E-state index in [2.05, 4.69) is 254 Å². The van der Waals surface area contributed by atoms with Gasteiger partial charge in [-0.15, -0.1) is 11.3 Å². The lowest BCUT2D eigenvalue weighted by molar-refractivity contribution is 0.660. The number of thiophene rings is 1. The van der Waals surface area contributed by atoms with E-state index in [0.29, 0.717) is 0 Å². The van der Waals surface area contributed by atoms with Gasteiger partial charge in [0.15, 0.2) is 0 Å². The molecule has 0 amide bonds. The molecule has 0 aliphatic heterocycles. The predicted molar refractivity (Wildman–Crippen MR) is 336 cm³/mol. The Bertz CT molecular complexity index is 5350. The van der Waals surface area contributed by atoms with E-state index < -0.39 is 0 Å². The van der Waals surface area contributed by atoms with Crippen molar-refractivity contribution in [2.45, 2.75) is 38.5 Å². The Morgan fingerprint density at radius 1 is 0.338 bits per heavy atom. The maximum absolute atomic E-state index is 6.56. The Morgan fingerprint density at radius 2 is 0.775 bits per heavy atom. The van der Waals surface area contributed by atoms with Crippen LogP contribution in [-0.4, -0.2) is 4.40 Å². The summed E-state index contributed by atoms with van der Waals surface area (Å²) in [4.78, 5) is 6.11. The van der Waals surface area contributed by atoms with Crippen LogP contribution in [0.4, 0.5) is 34.1 Å². The minimum atomic E-state index is -0.155. The number of furan rings is 2. The molecule has 18 rings (SSSR count). The van der Waals surface area contributed by atoms with Gasteiger partial charge in [-0.1, -0.05) is 149 Å². The number of anilines is 6. The van der Waals surface area contributed by atoms with E-state index in [4.69, 9.17) is 8.83 Å². The van der Waals surface area contributed by atoms with Crippen molar-refractivity contribution in [1.29, 1.82) is 0 Å². The van der Waals surface area contributed by atoms with Crippen molar-refractivity contribution in [3.8, 4) is 22.3 Å². The summed E-state index contributed by atoms with van der Waals surface area (Å²) in [6.07, 6.45) is 0. The average molecular weight is 1040 g/mol. The van der Waals surface area contributed by atoms with Gasteiger partial charge < -0.3 is 18.6 Å². The van der Waals surface area contributed by atoms with Crippen molar-refractivity contribution in [2.24, 2.45) is 0 Å². The molecule has 378 valence electrons. The second kappa shape index (κ2) is 15.6. The molecule has 2 aliphatic rings. The SMILES string of the molecule is CC1(C)c2ccccc2-c2ccc(N(c3ccc4c(c3)oc3ccccc34)c3ccc4c(c3)sc3c4c4cccc5c6cc(N(c7ccc8c(c7)C(C)(C)c7ccccc7-8)c7ccc8c(c7)oc7ccccc78)ccc6n3c54)cc21. The van der Waals surface area contributed by atoms with Crippen molar-refractivity contribution in [2.75, 3.05) is 9.80 Å². The van der Waals surface area contributed by atoms with Gasteiger partial charge in [-0.25, -0.2) is 0 Å². The van der Waals surface area contributed by atoms with E-state index in [0.717, 1.165) is 78.0 Å². The Balaban J connectivity index is 0.809. The first-order valence-electron chi connectivity index (χ1n) is 27.7. The van der Waals surface area contributed by atoms with Crippen LogP contribution in [0.1, 0.15) is 49.9 Å². The van der Waals surface area contributed by atoms with Crippen LogP contribution in [-0.2, 0) is 10.8 Å². The van der Waals surface area contributed by atoms with Gasteiger partial charge in [0.2, 0.25) is 0 Å². The first kappa shape index (κ1) is 44.4. The van der Waals surface area contributed by atoms with Gasteiger partial charge in [-0.05, 0) is 136 Å². The van der Waals surface area contributed by atoms with E-state index in [-0.39, 0.29) is 10.8 Å². The molecule has 5 nitrogen and oxygen atoms in total.